The quantitative estimate of drug-likeness (QED) is 0.170. The molecule has 1 heterocycles. The van der Waals surface area contributed by atoms with Gasteiger partial charge >= 0.3 is 0 Å². The molecule has 0 aliphatic rings. The Bertz CT molecular complexity index is 2500. The second-order valence-electron chi connectivity index (χ2n) is 12.2. The van der Waals surface area contributed by atoms with E-state index in [1.807, 2.05) is 11.3 Å². The van der Waals surface area contributed by atoms with Gasteiger partial charge in [-0.15, -0.1) is 11.3 Å². The number of thiophene rings is 1. The molecular formula is C46H32N2S. The zero-order valence-corrected chi connectivity index (χ0v) is 27.6. The molecule has 0 bridgehead atoms. The predicted octanol–water partition coefficient (Wildman–Crippen LogP) is 13.8. The first-order valence-electron chi connectivity index (χ1n) is 16.6. The summed E-state index contributed by atoms with van der Waals surface area (Å²) in [6.07, 6.45) is 0. The van der Waals surface area contributed by atoms with E-state index in [9.17, 15) is 0 Å². The summed E-state index contributed by atoms with van der Waals surface area (Å²) in [6, 6.07) is 69.8. The van der Waals surface area contributed by atoms with Crippen molar-refractivity contribution in [1.82, 2.24) is 0 Å². The lowest BCUT2D eigenvalue weighted by molar-refractivity contribution is 1.26. The highest BCUT2D eigenvalue weighted by Crippen LogP contribution is 2.50. The smallest absolute Gasteiger partial charge is 0.0661 e. The van der Waals surface area contributed by atoms with Crippen LogP contribution in [-0.2, 0) is 0 Å². The normalized spacial score (nSPS) is 11.3. The lowest BCUT2D eigenvalue weighted by atomic mass is 10.0. The average molecular weight is 645 g/mol. The van der Waals surface area contributed by atoms with Gasteiger partial charge in [0.2, 0.25) is 0 Å². The number of para-hydroxylation sites is 4. The van der Waals surface area contributed by atoms with Crippen LogP contribution in [0.4, 0.5) is 34.1 Å². The fourth-order valence-electron chi connectivity index (χ4n) is 6.98. The third kappa shape index (κ3) is 5.22. The minimum atomic E-state index is 1.10. The Morgan fingerprint density at radius 3 is 1.51 bits per heavy atom. The molecule has 2 nitrogen and oxygen atoms in total. The molecule has 0 unspecified atom stereocenters. The van der Waals surface area contributed by atoms with Gasteiger partial charge in [0, 0.05) is 43.8 Å². The lowest BCUT2D eigenvalue weighted by Gasteiger charge is -2.31. The molecule has 0 atom stereocenters. The van der Waals surface area contributed by atoms with Gasteiger partial charge in [-0.2, -0.15) is 0 Å². The zero-order chi connectivity index (χ0) is 32.6. The van der Waals surface area contributed by atoms with E-state index in [4.69, 9.17) is 0 Å². The van der Waals surface area contributed by atoms with Gasteiger partial charge in [0.1, 0.15) is 0 Å². The highest BCUT2D eigenvalue weighted by Gasteiger charge is 2.24. The Balaban J connectivity index is 1.40. The van der Waals surface area contributed by atoms with E-state index < -0.39 is 0 Å². The largest absolute Gasteiger partial charge is 0.310 e. The van der Waals surface area contributed by atoms with Crippen LogP contribution in [0, 0.1) is 0 Å². The third-order valence-electron chi connectivity index (χ3n) is 9.20. The zero-order valence-electron chi connectivity index (χ0n) is 26.8. The fraction of sp³-hybridized carbons (Fsp3) is 0. The standard InChI is InChI=1S/C46H32N2S/c1-5-17-33(18-6-1)39-26-15-16-28-43(39)48(37-24-11-4-12-25-37)38-31-42-41-30-29-34-19-13-14-27-40(34)45(41)49-46(42)44(32-38)47(35-20-7-2-8-21-35)36-22-9-3-10-23-36/h1-32H. The highest BCUT2D eigenvalue weighted by molar-refractivity contribution is 7.27. The summed E-state index contributed by atoms with van der Waals surface area (Å²) in [5.74, 6) is 0. The van der Waals surface area contributed by atoms with E-state index in [1.165, 1.54) is 42.1 Å². The molecule has 1 aromatic heterocycles. The maximum absolute atomic E-state index is 2.42. The van der Waals surface area contributed by atoms with Crippen LogP contribution in [0.2, 0.25) is 0 Å². The SMILES string of the molecule is c1ccc(-c2ccccc2N(c2ccccc2)c2cc(N(c3ccccc3)c3ccccc3)c3sc4c5ccccc5ccc4c3c2)cc1. The Hall–Kier alpha value is -6.16. The number of hydrogen-bond donors (Lipinski definition) is 0. The second kappa shape index (κ2) is 12.5. The van der Waals surface area contributed by atoms with Crippen molar-refractivity contribution in [3.63, 3.8) is 0 Å². The van der Waals surface area contributed by atoms with Crippen molar-refractivity contribution in [2.45, 2.75) is 0 Å². The molecule has 9 aromatic rings. The van der Waals surface area contributed by atoms with Gasteiger partial charge in [0.15, 0.2) is 0 Å². The third-order valence-corrected chi connectivity index (χ3v) is 10.5. The van der Waals surface area contributed by atoms with E-state index >= 15 is 0 Å². The van der Waals surface area contributed by atoms with Crippen molar-refractivity contribution in [2.75, 3.05) is 9.80 Å². The molecule has 0 N–H and O–H groups in total. The molecule has 232 valence electrons. The lowest BCUT2D eigenvalue weighted by Crippen LogP contribution is -2.14. The molecule has 0 aliphatic heterocycles. The van der Waals surface area contributed by atoms with Crippen LogP contribution in [0.15, 0.2) is 194 Å². The number of anilines is 6. The number of nitrogens with zero attached hydrogens (tertiary/aromatic N) is 2. The Labute approximate surface area is 290 Å². The first-order chi connectivity index (χ1) is 24.3. The summed E-state index contributed by atoms with van der Waals surface area (Å²) in [7, 11) is 0. The van der Waals surface area contributed by atoms with Crippen LogP contribution in [0.25, 0.3) is 42.1 Å². The van der Waals surface area contributed by atoms with Crippen molar-refractivity contribution in [1.29, 1.82) is 0 Å². The average Bonchev–Trinajstić information content (AvgIpc) is 3.56. The molecule has 0 fully saturated rings. The van der Waals surface area contributed by atoms with E-state index in [2.05, 4.69) is 204 Å². The summed E-state index contributed by atoms with van der Waals surface area (Å²) in [5, 5.41) is 5.06. The van der Waals surface area contributed by atoms with Gasteiger partial charge in [-0.3, -0.25) is 0 Å². The molecule has 0 saturated heterocycles. The first kappa shape index (κ1) is 29.0. The molecule has 3 heteroatoms. The molecule has 8 aromatic carbocycles. The molecule has 0 spiro atoms. The van der Waals surface area contributed by atoms with Crippen LogP contribution in [0.1, 0.15) is 0 Å². The van der Waals surface area contributed by atoms with Crippen molar-refractivity contribution in [2.24, 2.45) is 0 Å². The van der Waals surface area contributed by atoms with Gasteiger partial charge in [-0.25, -0.2) is 0 Å². The van der Waals surface area contributed by atoms with Gasteiger partial charge in [-0.05, 0) is 70.9 Å². The number of rotatable bonds is 7. The van der Waals surface area contributed by atoms with Crippen LogP contribution < -0.4 is 9.80 Å². The van der Waals surface area contributed by atoms with Crippen LogP contribution in [0.3, 0.4) is 0 Å². The summed E-state index contributed by atoms with van der Waals surface area (Å²) < 4.78 is 2.57. The van der Waals surface area contributed by atoms with Crippen LogP contribution >= 0.6 is 11.3 Å². The van der Waals surface area contributed by atoms with E-state index in [-0.39, 0.29) is 0 Å². The monoisotopic (exact) mass is 644 g/mol. The van der Waals surface area contributed by atoms with E-state index in [0.717, 1.165) is 34.1 Å². The molecule has 49 heavy (non-hydrogen) atoms. The highest BCUT2D eigenvalue weighted by atomic mass is 32.1. The molecular weight excluding hydrogens is 613 g/mol. The molecule has 0 radical (unpaired) electrons. The van der Waals surface area contributed by atoms with Crippen LogP contribution in [0.5, 0.6) is 0 Å². The molecule has 0 saturated carbocycles. The first-order valence-corrected chi connectivity index (χ1v) is 17.4. The second-order valence-corrected chi connectivity index (χ2v) is 13.2. The summed E-state index contributed by atoms with van der Waals surface area (Å²) in [5.41, 5.74) is 9.07. The molecule has 9 rings (SSSR count). The Morgan fingerprint density at radius 1 is 0.327 bits per heavy atom. The minimum Gasteiger partial charge on any atom is -0.310 e. The fourth-order valence-corrected chi connectivity index (χ4v) is 8.31. The topological polar surface area (TPSA) is 6.48 Å². The van der Waals surface area contributed by atoms with Gasteiger partial charge in [0.25, 0.3) is 0 Å². The summed E-state index contributed by atoms with van der Waals surface area (Å²) in [6.45, 7) is 0. The van der Waals surface area contributed by atoms with Gasteiger partial charge in [-0.1, -0.05) is 140 Å². The van der Waals surface area contributed by atoms with Gasteiger partial charge in [0.05, 0.1) is 16.1 Å². The summed E-state index contributed by atoms with van der Waals surface area (Å²) >= 11 is 1.89. The van der Waals surface area contributed by atoms with Crippen molar-refractivity contribution >= 4 is 76.4 Å². The number of hydrogen-bond acceptors (Lipinski definition) is 3. The molecule has 0 aliphatic carbocycles. The van der Waals surface area contributed by atoms with Crippen molar-refractivity contribution < 1.29 is 0 Å². The minimum absolute atomic E-state index is 1.10. The Morgan fingerprint density at radius 2 is 0.857 bits per heavy atom. The maximum atomic E-state index is 2.42. The van der Waals surface area contributed by atoms with E-state index in [1.54, 1.807) is 0 Å². The summed E-state index contributed by atoms with van der Waals surface area (Å²) in [4.78, 5) is 4.83. The van der Waals surface area contributed by atoms with E-state index in [0.29, 0.717) is 0 Å². The van der Waals surface area contributed by atoms with Crippen LogP contribution in [-0.4, -0.2) is 0 Å². The van der Waals surface area contributed by atoms with Crippen molar-refractivity contribution in [3.8, 4) is 11.1 Å². The number of benzene rings is 8. The predicted molar refractivity (Wildman–Crippen MR) is 212 cm³/mol. The maximum Gasteiger partial charge on any atom is 0.0661 e. The van der Waals surface area contributed by atoms with Gasteiger partial charge < -0.3 is 9.80 Å². The number of fused-ring (bicyclic) bond motifs is 5. The Kier molecular flexibility index (Phi) is 7.38. The van der Waals surface area contributed by atoms with Crippen molar-refractivity contribution in [3.05, 3.63) is 194 Å². The molecule has 0 amide bonds.